The molecule has 1 aromatic rings. The highest BCUT2D eigenvalue weighted by Gasteiger charge is 2.34. The standard InChI is InChI=1S/C11H13NO4S/c13-10(12-6-7-2-1-5-17-7)8-3-4-9(16-8)11(14)15/h1-2,5,8-9H,3-4,6H2,(H,12,13)(H,14,15)/t8-,9+/m0/s1. The third-order valence-corrected chi connectivity index (χ3v) is 3.48. The van der Waals surface area contributed by atoms with E-state index >= 15 is 0 Å². The first-order chi connectivity index (χ1) is 8.16. The van der Waals surface area contributed by atoms with Crippen LogP contribution in [0.1, 0.15) is 17.7 Å². The Kier molecular flexibility index (Phi) is 3.75. The zero-order chi connectivity index (χ0) is 12.3. The van der Waals surface area contributed by atoms with Crippen molar-refractivity contribution in [2.45, 2.75) is 31.6 Å². The molecule has 0 radical (unpaired) electrons. The first-order valence-electron chi connectivity index (χ1n) is 5.35. The van der Waals surface area contributed by atoms with E-state index in [0.717, 1.165) is 4.88 Å². The van der Waals surface area contributed by atoms with Crippen molar-refractivity contribution >= 4 is 23.2 Å². The van der Waals surface area contributed by atoms with E-state index in [2.05, 4.69) is 5.32 Å². The number of carbonyl (C=O) groups excluding carboxylic acids is 1. The van der Waals surface area contributed by atoms with E-state index in [-0.39, 0.29) is 5.91 Å². The topological polar surface area (TPSA) is 75.6 Å². The van der Waals surface area contributed by atoms with Gasteiger partial charge in [0.05, 0.1) is 6.54 Å². The van der Waals surface area contributed by atoms with Crippen LogP contribution in [-0.2, 0) is 20.9 Å². The summed E-state index contributed by atoms with van der Waals surface area (Å²) in [6.45, 7) is 0.466. The zero-order valence-corrected chi connectivity index (χ0v) is 9.90. The van der Waals surface area contributed by atoms with Crippen molar-refractivity contribution in [3.8, 4) is 0 Å². The molecule has 1 saturated heterocycles. The Bertz CT molecular complexity index is 404. The number of ether oxygens (including phenoxy) is 1. The number of rotatable bonds is 4. The van der Waals surface area contributed by atoms with Gasteiger partial charge in [-0.2, -0.15) is 0 Å². The maximum atomic E-state index is 11.7. The van der Waals surface area contributed by atoms with Crippen molar-refractivity contribution in [3.05, 3.63) is 22.4 Å². The number of carboxylic acid groups (broad SMARTS) is 1. The molecule has 1 aliphatic heterocycles. The minimum absolute atomic E-state index is 0.234. The van der Waals surface area contributed by atoms with Gasteiger partial charge in [-0.3, -0.25) is 4.79 Å². The number of aliphatic carboxylic acids is 1. The SMILES string of the molecule is O=C(NCc1cccs1)[C@@H]1CC[C@H](C(=O)O)O1. The molecule has 0 bridgehead atoms. The van der Waals surface area contributed by atoms with Crippen molar-refractivity contribution in [3.63, 3.8) is 0 Å². The predicted molar refractivity (Wildman–Crippen MR) is 61.7 cm³/mol. The van der Waals surface area contributed by atoms with Gasteiger partial charge in [0, 0.05) is 4.88 Å². The van der Waals surface area contributed by atoms with Crippen molar-refractivity contribution in [2.75, 3.05) is 0 Å². The van der Waals surface area contributed by atoms with Crippen LogP contribution >= 0.6 is 11.3 Å². The van der Waals surface area contributed by atoms with E-state index in [1.807, 2.05) is 17.5 Å². The second kappa shape index (κ2) is 5.29. The molecule has 2 N–H and O–H groups in total. The maximum absolute atomic E-state index is 11.7. The molecule has 0 unspecified atom stereocenters. The van der Waals surface area contributed by atoms with Crippen molar-refractivity contribution in [1.82, 2.24) is 5.32 Å². The van der Waals surface area contributed by atoms with Crippen LogP contribution in [0.4, 0.5) is 0 Å². The smallest absolute Gasteiger partial charge is 0.332 e. The lowest BCUT2D eigenvalue weighted by molar-refractivity contribution is -0.151. The normalized spacial score (nSPS) is 23.5. The second-order valence-electron chi connectivity index (χ2n) is 3.83. The third-order valence-electron chi connectivity index (χ3n) is 2.60. The zero-order valence-electron chi connectivity index (χ0n) is 9.09. The molecule has 2 heterocycles. The fraction of sp³-hybridized carbons (Fsp3) is 0.455. The second-order valence-corrected chi connectivity index (χ2v) is 4.86. The minimum Gasteiger partial charge on any atom is -0.479 e. The van der Waals surface area contributed by atoms with Crippen molar-refractivity contribution in [2.24, 2.45) is 0 Å². The summed E-state index contributed by atoms with van der Waals surface area (Å²) in [7, 11) is 0. The molecule has 0 aromatic carbocycles. The molecular weight excluding hydrogens is 242 g/mol. The van der Waals surface area contributed by atoms with E-state index < -0.39 is 18.2 Å². The Morgan fingerprint density at radius 1 is 1.47 bits per heavy atom. The molecule has 5 nitrogen and oxygen atoms in total. The summed E-state index contributed by atoms with van der Waals surface area (Å²) in [4.78, 5) is 23.4. The number of nitrogens with one attached hydrogen (secondary N) is 1. The molecule has 0 spiro atoms. The highest BCUT2D eigenvalue weighted by Crippen LogP contribution is 2.20. The summed E-state index contributed by atoms with van der Waals surface area (Å²) < 4.78 is 5.15. The van der Waals surface area contributed by atoms with Gasteiger partial charge in [0.15, 0.2) is 6.10 Å². The molecular formula is C11H13NO4S. The van der Waals surface area contributed by atoms with Gasteiger partial charge in [0.2, 0.25) is 5.91 Å². The number of carboxylic acids is 1. The Balaban J connectivity index is 1.79. The summed E-state index contributed by atoms with van der Waals surface area (Å²) in [5.41, 5.74) is 0. The number of thiophene rings is 1. The minimum atomic E-state index is -1.00. The maximum Gasteiger partial charge on any atom is 0.332 e. The van der Waals surface area contributed by atoms with E-state index in [4.69, 9.17) is 9.84 Å². The fourth-order valence-corrected chi connectivity index (χ4v) is 2.36. The van der Waals surface area contributed by atoms with Crippen LogP contribution in [0.2, 0.25) is 0 Å². The number of carbonyl (C=O) groups is 2. The summed E-state index contributed by atoms with van der Waals surface area (Å²) in [6.07, 6.45) is -0.608. The summed E-state index contributed by atoms with van der Waals surface area (Å²) in [5.74, 6) is -1.24. The fourth-order valence-electron chi connectivity index (χ4n) is 1.71. The highest BCUT2D eigenvalue weighted by molar-refractivity contribution is 7.09. The lowest BCUT2D eigenvalue weighted by Crippen LogP contribution is -2.35. The molecule has 6 heteroatoms. The third kappa shape index (κ3) is 3.04. The molecule has 2 rings (SSSR count). The lowest BCUT2D eigenvalue weighted by Gasteiger charge is -2.11. The van der Waals surface area contributed by atoms with Crippen LogP contribution in [0.3, 0.4) is 0 Å². The van der Waals surface area contributed by atoms with Gasteiger partial charge in [-0.1, -0.05) is 6.07 Å². The molecule has 0 aliphatic carbocycles. The molecule has 1 fully saturated rings. The molecule has 1 amide bonds. The van der Waals surface area contributed by atoms with Crippen LogP contribution in [0.5, 0.6) is 0 Å². The van der Waals surface area contributed by atoms with Gasteiger partial charge in [-0.25, -0.2) is 4.79 Å². The van der Waals surface area contributed by atoms with Crippen LogP contribution in [0.15, 0.2) is 17.5 Å². The van der Waals surface area contributed by atoms with Crippen molar-refractivity contribution < 1.29 is 19.4 Å². The first kappa shape index (κ1) is 12.1. The Morgan fingerprint density at radius 3 is 2.82 bits per heavy atom. The molecule has 0 saturated carbocycles. The van der Waals surface area contributed by atoms with Crippen LogP contribution < -0.4 is 5.32 Å². The van der Waals surface area contributed by atoms with Crippen LogP contribution in [-0.4, -0.2) is 29.2 Å². The number of hydrogen-bond donors (Lipinski definition) is 2. The van der Waals surface area contributed by atoms with Gasteiger partial charge < -0.3 is 15.2 Å². The quantitative estimate of drug-likeness (QED) is 0.841. The largest absolute Gasteiger partial charge is 0.479 e. The Labute approximate surface area is 102 Å². The van der Waals surface area contributed by atoms with Crippen LogP contribution in [0.25, 0.3) is 0 Å². The Hall–Kier alpha value is -1.40. The van der Waals surface area contributed by atoms with Gasteiger partial charge in [-0.15, -0.1) is 11.3 Å². The summed E-state index contributed by atoms with van der Waals surface area (Å²) >= 11 is 1.56. The molecule has 2 atom stereocenters. The van der Waals surface area contributed by atoms with Gasteiger partial charge in [0.1, 0.15) is 6.10 Å². The highest BCUT2D eigenvalue weighted by atomic mass is 32.1. The lowest BCUT2D eigenvalue weighted by atomic mass is 10.2. The van der Waals surface area contributed by atoms with E-state index in [1.54, 1.807) is 11.3 Å². The van der Waals surface area contributed by atoms with Crippen LogP contribution in [0, 0.1) is 0 Å². The van der Waals surface area contributed by atoms with E-state index in [1.165, 1.54) is 0 Å². The number of amides is 1. The van der Waals surface area contributed by atoms with Gasteiger partial charge >= 0.3 is 5.97 Å². The monoisotopic (exact) mass is 255 g/mol. The van der Waals surface area contributed by atoms with Gasteiger partial charge in [0.25, 0.3) is 0 Å². The first-order valence-corrected chi connectivity index (χ1v) is 6.23. The molecule has 17 heavy (non-hydrogen) atoms. The molecule has 92 valence electrons. The van der Waals surface area contributed by atoms with E-state index in [0.29, 0.717) is 19.4 Å². The average molecular weight is 255 g/mol. The van der Waals surface area contributed by atoms with E-state index in [9.17, 15) is 9.59 Å². The molecule has 1 aromatic heterocycles. The number of hydrogen-bond acceptors (Lipinski definition) is 4. The average Bonchev–Trinajstić information content (AvgIpc) is 2.96. The Morgan fingerprint density at radius 2 is 2.24 bits per heavy atom. The van der Waals surface area contributed by atoms with Crippen molar-refractivity contribution in [1.29, 1.82) is 0 Å². The molecule has 1 aliphatic rings. The van der Waals surface area contributed by atoms with Gasteiger partial charge in [-0.05, 0) is 24.3 Å². The predicted octanol–water partition coefficient (Wildman–Crippen LogP) is 0.996. The summed E-state index contributed by atoms with van der Waals surface area (Å²) in [5, 5.41) is 13.4. The summed E-state index contributed by atoms with van der Waals surface area (Å²) in [6, 6.07) is 3.85.